The SMILES string of the molecule is C#CCCN=C(NC(C)C)C1=C=CCC1. The second-order valence-corrected chi connectivity index (χ2v) is 3.85. The van der Waals surface area contributed by atoms with E-state index in [0.717, 1.165) is 18.7 Å². The summed E-state index contributed by atoms with van der Waals surface area (Å²) in [5, 5.41) is 3.34. The van der Waals surface area contributed by atoms with Crippen molar-refractivity contribution in [3.05, 3.63) is 17.4 Å². The molecular formula is C13H18N2. The average molecular weight is 202 g/mol. The molecule has 1 aliphatic carbocycles. The molecule has 0 saturated heterocycles. The number of terminal acetylenes is 1. The van der Waals surface area contributed by atoms with Gasteiger partial charge in [-0.15, -0.1) is 18.1 Å². The normalized spacial score (nSPS) is 15.3. The Labute approximate surface area is 92.2 Å². The van der Waals surface area contributed by atoms with Crippen LogP contribution in [0.25, 0.3) is 0 Å². The highest BCUT2D eigenvalue weighted by molar-refractivity contribution is 5.98. The third kappa shape index (κ3) is 4.06. The average Bonchev–Trinajstić information content (AvgIpc) is 2.68. The number of nitrogens with one attached hydrogen (secondary N) is 1. The van der Waals surface area contributed by atoms with Gasteiger partial charge in [-0.1, -0.05) is 0 Å². The molecule has 0 fully saturated rings. The smallest absolute Gasteiger partial charge is 0.132 e. The van der Waals surface area contributed by atoms with Crippen molar-refractivity contribution in [1.82, 2.24) is 5.32 Å². The summed E-state index contributed by atoms with van der Waals surface area (Å²) in [6, 6.07) is 0.393. The summed E-state index contributed by atoms with van der Waals surface area (Å²) in [5.41, 5.74) is 4.42. The van der Waals surface area contributed by atoms with Gasteiger partial charge >= 0.3 is 0 Å². The van der Waals surface area contributed by atoms with Gasteiger partial charge in [-0.3, -0.25) is 4.99 Å². The summed E-state index contributed by atoms with van der Waals surface area (Å²) in [6.07, 6.45) is 10.1. The van der Waals surface area contributed by atoms with E-state index in [9.17, 15) is 0 Å². The lowest BCUT2D eigenvalue weighted by atomic mass is 10.2. The Hall–Kier alpha value is -1.45. The van der Waals surface area contributed by atoms with Crippen LogP contribution in [0.4, 0.5) is 0 Å². The summed E-state index contributed by atoms with van der Waals surface area (Å²) in [5.74, 6) is 3.56. The third-order valence-electron chi connectivity index (χ3n) is 2.05. The molecule has 1 N–H and O–H groups in total. The number of amidine groups is 1. The van der Waals surface area contributed by atoms with Gasteiger partial charge in [0.1, 0.15) is 5.84 Å². The molecule has 0 amide bonds. The number of rotatable bonds is 4. The van der Waals surface area contributed by atoms with Crippen LogP contribution < -0.4 is 5.32 Å². The van der Waals surface area contributed by atoms with Crippen LogP contribution in [0.2, 0.25) is 0 Å². The first-order valence-corrected chi connectivity index (χ1v) is 5.43. The van der Waals surface area contributed by atoms with Gasteiger partial charge in [-0.25, -0.2) is 0 Å². The highest BCUT2D eigenvalue weighted by Crippen LogP contribution is 2.12. The Kier molecular flexibility index (Phi) is 4.74. The number of aliphatic imine (C=N–C) groups is 1. The zero-order valence-corrected chi connectivity index (χ0v) is 9.51. The molecule has 0 aliphatic heterocycles. The lowest BCUT2D eigenvalue weighted by Gasteiger charge is -2.13. The molecule has 1 aliphatic rings. The third-order valence-corrected chi connectivity index (χ3v) is 2.05. The van der Waals surface area contributed by atoms with E-state index in [1.54, 1.807) is 0 Å². The zero-order valence-electron chi connectivity index (χ0n) is 9.51. The van der Waals surface area contributed by atoms with Crippen molar-refractivity contribution < 1.29 is 0 Å². The van der Waals surface area contributed by atoms with Crippen molar-refractivity contribution in [2.45, 2.75) is 39.2 Å². The molecule has 0 aromatic heterocycles. The summed E-state index contributed by atoms with van der Waals surface area (Å²) in [4.78, 5) is 4.48. The van der Waals surface area contributed by atoms with Crippen molar-refractivity contribution in [2.24, 2.45) is 4.99 Å². The van der Waals surface area contributed by atoms with Crippen LogP contribution in [-0.2, 0) is 0 Å². The minimum atomic E-state index is 0.393. The maximum Gasteiger partial charge on any atom is 0.132 e. The molecule has 0 bridgehead atoms. The highest BCUT2D eigenvalue weighted by Gasteiger charge is 2.09. The molecule has 80 valence electrons. The zero-order chi connectivity index (χ0) is 11.1. The predicted molar refractivity (Wildman–Crippen MR) is 64.9 cm³/mol. The molecule has 0 atom stereocenters. The van der Waals surface area contributed by atoms with Crippen molar-refractivity contribution >= 4 is 5.84 Å². The van der Waals surface area contributed by atoms with Crippen molar-refractivity contribution in [3.63, 3.8) is 0 Å². The molecule has 0 heterocycles. The van der Waals surface area contributed by atoms with Crippen LogP contribution in [0.3, 0.4) is 0 Å². The van der Waals surface area contributed by atoms with Crippen LogP contribution in [0, 0.1) is 12.3 Å². The maximum absolute atomic E-state index is 5.20. The molecule has 0 aromatic carbocycles. The van der Waals surface area contributed by atoms with Gasteiger partial charge < -0.3 is 5.32 Å². The molecule has 15 heavy (non-hydrogen) atoms. The topological polar surface area (TPSA) is 24.4 Å². The fourth-order valence-corrected chi connectivity index (χ4v) is 1.40. The van der Waals surface area contributed by atoms with Crippen LogP contribution in [-0.4, -0.2) is 18.4 Å². The lowest BCUT2D eigenvalue weighted by Crippen LogP contribution is -2.31. The van der Waals surface area contributed by atoms with Gasteiger partial charge in [0.25, 0.3) is 0 Å². The quantitative estimate of drug-likeness (QED) is 0.244. The van der Waals surface area contributed by atoms with Gasteiger partial charge in [0, 0.05) is 18.0 Å². The van der Waals surface area contributed by atoms with E-state index >= 15 is 0 Å². The Morgan fingerprint density at radius 1 is 1.73 bits per heavy atom. The first-order valence-electron chi connectivity index (χ1n) is 5.43. The minimum absolute atomic E-state index is 0.393. The summed E-state index contributed by atoms with van der Waals surface area (Å²) in [6.45, 7) is 4.91. The monoisotopic (exact) mass is 202 g/mol. The Morgan fingerprint density at radius 2 is 2.53 bits per heavy atom. The summed E-state index contributed by atoms with van der Waals surface area (Å²) >= 11 is 0. The second-order valence-electron chi connectivity index (χ2n) is 3.85. The van der Waals surface area contributed by atoms with Crippen LogP contribution >= 0.6 is 0 Å². The standard InChI is InChI=1S/C13H18N2/c1-4-5-10-14-13(15-11(2)3)12-8-6-7-9-12/h1,6,11H,5,7,9-10H2,2-3H3,(H,14,15). The molecule has 1 rings (SSSR count). The first-order chi connectivity index (χ1) is 7.24. The van der Waals surface area contributed by atoms with Crippen molar-refractivity contribution in [1.29, 1.82) is 0 Å². The molecule has 0 unspecified atom stereocenters. The molecule has 0 aromatic rings. The number of hydrogen-bond acceptors (Lipinski definition) is 1. The van der Waals surface area contributed by atoms with Gasteiger partial charge in [-0.2, -0.15) is 0 Å². The van der Waals surface area contributed by atoms with Gasteiger partial charge in [0.2, 0.25) is 0 Å². The van der Waals surface area contributed by atoms with Crippen LogP contribution in [0.15, 0.2) is 22.4 Å². The fraction of sp³-hybridized carbons (Fsp3) is 0.538. The van der Waals surface area contributed by atoms with Gasteiger partial charge in [-0.05, 0) is 32.8 Å². The molecule has 2 heteroatoms. The number of nitrogens with zero attached hydrogens (tertiary/aromatic N) is 1. The van der Waals surface area contributed by atoms with E-state index in [-0.39, 0.29) is 0 Å². The summed E-state index contributed by atoms with van der Waals surface area (Å²) in [7, 11) is 0. The van der Waals surface area contributed by atoms with E-state index in [1.807, 2.05) is 0 Å². The largest absolute Gasteiger partial charge is 0.367 e. The Morgan fingerprint density at radius 3 is 3.07 bits per heavy atom. The highest BCUT2D eigenvalue weighted by atomic mass is 15.0. The Balaban J connectivity index is 2.65. The van der Waals surface area contributed by atoms with E-state index in [1.165, 1.54) is 5.57 Å². The second kappa shape index (κ2) is 6.11. The summed E-state index contributed by atoms with van der Waals surface area (Å²) < 4.78 is 0. The van der Waals surface area contributed by atoms with E-state index in [2.05, 4.69) is 41.9 Å². The molecule has 0 spiro atoms. The van der Waals surface area contributed by atoms with Crippen molar-refractivity contribution in [3.8, 4) is 12.3 Å². The van der Waals surface area contributed by atoms with E-state index in [0.29, 0.717) is 19.0 Å². The van der Waals surface area contributed by atoms with Crippen LogP contribution in [0.1, 0.15) is 33.1 Å². The van der Waals surface area contributed by atoms with Crippen molar-refractivity contribution in [2.75, 3.05) is 6.54 Å². The molecule has 0 radical (unpaired) electrons. The molecule has 0 saturated carbocycles. The van der Waals surface area contributed by atoms with E-state index in [4.69, 9.17) is 6.42 Å². The maximum atomic E-state index is 5.20. The number of hydrogen-bond donors (Lipinski definition) is 1. The molecular weight excluding hydrogens is 184 g/mol. The van der Waals surface area contributed by atoms with Crippen LogP contribution in [0.5, 0.6) is 0 Å². The predicted octanol–water partition coefficient (Wildman–Crippen LogP) is 2.28. The molecule has 2 nitrogen and oxygen atoms in total. The lowest BCUT2D eigenvalue weighted by molar-refractivity contribution is 0.726. The first kappa shape index (κ1) is 11.6. The minimum Gasteiger partial charge on any atom is -0.367 e. The van der Waals surface area contributed by atoms with Gasteiger partial charge in [0.05, 0.1) is 6.54 Å². The fourth-order valence-electron chi connectivity index (χ4n) is 1.40. The van der Waals surface area contributed by atoms with Gasteiger partial charge in [0.15, 0.2) is 0 Å². The van der Waals surface area contributed by atoms with E-state index < -0.39 is 0 Å². The Bertz CT molecular complexity index is 336.